The lowest BCUT2D eigenvalue weighted by atomic mass is 9.97. The number of hydrogen-bond acceptors (Lipinski definition) is 4. The van der Waals surface area contributed by atoms with Gasteiger partial charge in [0.15, 0.2) is 11.9 Å². The Bertz CT molecular complexity index is 735. The topological polar surface area (TPSA) is 178 Å². The molecule has 1 aliphatic carbocycles. The molecule has 1 aliphatic rings. The Morgan fingerprint density at radius 3 is 2.27 bits per heavy atom. The van der Waals surface area contributed by atoms with Crippen LogP contribution in [0.1, 0.15) is 34.3 Å². The van der Waals surface area contributed by atoms with Crippen molar-refractivity contribution in [2.24, 2.45) is 32.9 Å². The van der Waals surface area contributed by atoms with Crippen LogP contribution in [0.15, 0.2) is 40.3 Å². The average Bonchev–Trinajstić information content (AvgIpc) is 2.60. The van der Waals surface area contributed by atoms with Crippen LogP contribution >= 0.6 is 0 Å². The molecule has 10 N–H and O–H groups in total. The highest BCUT2D eigenvalue weighted by Crippen LogP contribution is 2.17. The number of aliphatic imine (C=N–C) groups is 2. The Balaban J connectivity index is 2.21. The summed E-state index contributed by atoms with van der Waals surface area (Å²) >= 11 is 0. The van der Waals surface area contributed by atoms with Crippen LogP contribution in [0.2, 0.25) is 0 Å². The molecule has 0 aliphatic heterocycles. The molecule has 26 heavy (non-hydrogen) atoms. The number of aliphatic hydroxyl groups excluding tert-OH is 1. The van der Waals surface area contributed by atoms with Gasteiger partial charge in [-0.25, -0.2) is 9.98 Å². The third-order valence-corrected chi connectivity index (χ3v) is 4.05. The van der Waals surface area contributed by atoms with E-state index in [-0.39, 0.29) is 37.0 Å². The fraction of sp³-hybridized carbons (Fsp3) is 0.353. The van der Waals surface area contributed by atoms with Crippen LogP contribution in [0.3, 0.4) is 0 Å². The molecule has 2 atom stereocenters. The van der Waals surface area contributed by atoms with Crippen molar-refractivity contribution in [2.45, 2.75) is 38.1 Å². The second-order valence-corrected chi connectivity index (χ2v) is 6.06. The van der Waals surface area contributed by atoms with Crippen LogP contribution < -0.4 is 28.3 Å². The SMILES string of the molecule is NC(N)=NCc1ccc(C(=O)NC2CC=CC[C@H]2O)cc1CN=C(N)N. The summed E-state index contributed by atoms with van der Waals surface area (Å²) < 4.78 is 0. The minimum absolute atomic E-state index is 0.0287. The quantitative estimate of drug-likeness (QED) is 0.216. The van der Waals surface area contributed by atoms with E-state index in [2.05, 4.69) is 15.3 Å². The van der Waals surface area contributed by atoms with E-state index in [0.717, 1.165) is 11.1 Å². The van der Waals surface area contributed by atoms with E-state index < -0.39 is 6.10 Å². The van der Waals surface area contributed by atoms with Gasteiger partial charge in [0, 0.05) is 5.56 Å². The van der Waals surface area contributed by atoms with E-state index >= 15 is 0 Å². The number of nitrogens with one attached hydrogen (secondary N) is 1. The monoisotopic (exact) mass is 359 g/mol. The second kappa shape index (κ2) is 8.86. The number of carbonyl (C=O) groups excluding carboxylic acids is 1. The molecule has 9 nitrogen and oxygen atoms in total. The zero-order valence-electron chi connectivity index (χ0n) is 14.4. The molecule has 1 aromatic carbocycles. The summed E-state index contributed by atoms with van der Waals surface area (Å²) in [5, 5.41) is 12.8. The zero-order valence-corrected chi connectivity index (χ0v) is 14.4. The summed E-state index contributed by atoms with van der Waals surface area (Å²) in [6, 6.07) is 4.83. The van der Waals surface area contributed by atoms with Crippen LogP contribution in [-0.4, -0.2) is 35.1 Å². The molecule has 1 unspecified atom stereocenters. The number of aliphatic hydroxyl groups is 1. The zero-order chi connectivity index (χ0) is 19.1. The van der Waals surface area contributed by atoms with Gasteiger partial charge in [0.25, 0.3) is 5.91 Å². The number of nitrogens with two attached hydrogens (primary N) is 4. The van der Waals surface area contributed by atoms with E-state index in [1.807, 2.05) is 12.2 Å². The van der Waals surface area contributed by atoms with Gasteiger partial charge in [0.1, 0.15) is 0 Å². The number of amides is 1. The fourth-order valence-electron chi connectivity index (χ4n) is 2.63. The van der Waals surface area contributed by atoms with Crippen molar-refractivity contribution in [2.75, 3.05) is 0 Å². The Morgan fingerprint density at radius 1 is 1.04 bits per heavy atom. The Hall–Kier alpha value is -3.07. The third kappa shape index (κ3) is 5.49. The summed E-state index contributed by atoms with van der Waals surface area (Å²) in [6.45, 7) is 0.458. The summed E-state index contributed by atoms with van der Waals surface area (Å²) in [5.41, 5.74) is 23.5. The van der Waals surface area contributed by atoms with Gasteiger partial charge in [-0.2, -0.15) is 0 Å². The summed E-state index contributed by atoms with van der Waals surface area (Å²) in [4.78, 5) is 20.5. The van der Waals surface area contributed by atoms with Gasteiger partial charge in [-0.1, -0.05) is 18.2 Å². The fourth-order valence-corrected chi connectivity index (χ4v) is 2.63. The normalized spacial score (nSPS) is 18.8. The van der Waals surface area contributed by atoms with Crippen LogP contribution in [-0.2, 0) is 13.1 Å². The number of carbonyl (C=O) groups is 1. The van der Waals surface area contributed by atoms with Crippen LogP contribution in [0.5, 0.6) is 0 Å². The predicted octanol–water partition coefficient (Wildman–Crippen LogP) is -0.957. The van der Waals surface area contributed by atoms with E-state index in [0.29, 0.717) is 18.4 Å². The van der Waals surface area contributed by atoms with Gasteiger partial charge in [-0.05, 0) is 36.1 Å². The Morgan fingerprint density at radius 2 is 1.65 bits per heavy atom. The first-order valence-corrected chi connectivity index (χ1v) is 8.23. The first kappa shape index (κ1) is 19.3. The van der Waals surface area contributed by atoms with Gasteiger partial charge in [-0.15, -0.1) is 0 Å². The Kier molecular flexibility index (Phi) is 6.56. The van der Waals surface area contributed by atoms with Gasteiger partial charge in [0.05, 0.1) is 25.2 Å². The maximum atomic E-state index is 12.5. The van der Waals surface area contributed by atoms with Gasteiger partial charge in [-0.3, -0.25) is 4.79 Å². The molecule has 0 heterocycles. The highest BCUT2D eigenvalue weighted by Gasteiger charge is 2.22. The van der Waals surface area contributed by atoms with Gasteiger partial charge >= 0.3 is 0 Å². The van der Waals surface area contributed by atoms with Crippen molar-refractivity contribution >= 4 is 17.8 Å². The smallest absolute Gasteiger partial charge is 0.251 e. The molecule has 0 saturated heterocycles. The first-order valence-electron chi connectivity index (χ1n) is 8.23. The molecule has 1 aromatic rings. The minimum atomic E-state index is -0.591. The summed E-state index contributed by atoms with van der Waals surface area (Å²) in [7, 11) is 0. The van der Waals surface area contributed by atoms with Crippen LogP contribution in [0.25, 0.3) is 0 Å². The molecular formula is C17H25N7O2. The number of rotatable bonds is 6. The predicted molar refractivity (Wildman–Crippen MR) is 101 cm³/mol. The number of hydrogen-bond donors (Lipinski definition) is 6. The lowest BCUT2D eigenvalue weighted by Gasteiger charge is -2.25. The molecule has 2 rings (SSSR count). The number of benzene rings is 1. The molecule has 0 saturated carbocycles. The van der Waals surface area contributed by atoms with Crippen molar-refractivity contribution in [3.05, 3.63) is 47.0 Å². The largest absolute Gasteiger partial charge is 0.391 e. The van der Waals surface area contributed by atoms with Gasteiger partial charge in [0.2, 0.25) is 0 Å². The maximum absolute atomic E-state index is 12.5. The average molecular weight is 359 g/mol. The Labute approximate surface area is 151 Å². The van der Waals surface area contributed by atoms with Crippen LogP contribution in [0, 0.1) is 0 Å². The van der Waals surface area contributed by atoms with Crippen molar-refractivity contribution in [1.29, 1.82) is 0 Å². The maximum Gasteiger partial charge on any atom is 0.251 e. The van der Waals surface area contributed by atoms with Gasteiger partial charge < -0.3 is 33.4 Å². The molecular weight excluding hydrogens is 334 g/mol. The third-order valence-electron chi connectivity index (χ3n) is 4.05. The van der Waals surface area contributed by atoms with Crippen LogP contribution in [0.4, 0.5) is 0 Å². The molecule has 0 aromatic heterocycles. The van der Waals surface area contributed by atoms with Crippen molar-refractivity contribution < 1.29 is 9.90 Å². The molecule has 0 fully saturated rings. The molecule has 0 spiro atoms. The van der Waals surface area contributed by atoms with E-state index in [1.54, 1.807) is 18.2 Å². The van der Waals surface area contributed by atoms with E-state index in [4.69, 9.17) is 22.9 Å². The molecule has 0 radical (unpaired) electrons. The highest BCUT2D eigenvalue weighted by atomic mass is 16.3. The number of nitrogens with zero attached hydrogens (tertiary/aromatic N) is 2. The number of guanidine groups is 2. The molecule has 1 amide bonds. The molecule has 0 bridgehead atoms. The van der Waals surface area contributed by atoms with Crippen molar-refractivity contribution in [1.82, 2.24) is 5.32 Å². The lowest BCUT2D eigenvalue weighted by Crippen LogP contribution is -2.44. The second-order valence-electron chi connectivity index (χ2n) is 6.06. The molecule has 9 heteroatoms. The van der Waals surface area contributed by atoms with Crippen molar-refractivity contribution in [3.8, 4) is 0 Å². The van der Waals surface area contributed by atoms with Crippen molar-refractivity contribution in [3.63, 3.8) is 0 Å². The van der Waals surface area contributed by atoms with E-state index in [9.17, 15) is 9.90 Å². The summed E-state index contributed by atoms with van der Waals surface area (Å²) in [5.74, 6) is -0.354. The summed E-state index contributed by atoms with van der Waals surface area (Å²) in [6.07, 6.45) is 4.37. The highest BCUT2D eigenvalue weighted by molar-refractivity contribution is 5.94. The minimum Gasteiger partial charge on any atom is -0.391 e. The molecule has 140 valence electrons. The van der Waals surface area contributed by atoms with E-state index in [1.165, 1.54) is 0 Å². The lowest BCUT2D eigenvalue weighted by molar-refractivity contribution is 0.0829. The first-order chi connectivity index (χ1) is 12.4. The standard InChI is InChI=1S/C17H25N7O2/c18-16(19)22-8-11-6-5-10(7-12(11)9-23-17(20)21)15(26)24-13-3-1-2-4-14(13)25/h1-2,5-7,13-14,25H,3-4,8-9H2,(H,24,26)(H4,18,19,22)(H4,20,21,23)/t13?,14-/m1/s1.